The molecule has 0 unspecified atom stereocenters. The molecule has 2 heterocycles. The smallest absolute Gasteiger partial charge is 0.321 e. The number of amides is 4. The lowest BCUT2D eigenvalue weighted by atomic mass is 10.00. The summed E-state index contributed by atoms with van der Waals surface area (Å²) < 4.78 is 5.66. The quantitative estimate of drug-likeness (QED) is 0.814. The Morgan fingerprint density at radius 2 is 1.92 bits per heavy atom. The molecule has 24 heavy (non-hydrogen) atoms. The maximum atomic E-state index is 12.5. The number of urea groups is 1. The first-order chi connectivity index (χ1) is 11.3. The van der Waals surface area contributed by atoms with Crippen LogP contribution in [0, 0.1) is 11.8 Å². The van der Waals surface area contributed by atoms with E-state index in [0.717, 1.165) is 0 Å². The van der Waals surface area contributed by atoms with Crippen LogP contribution in [0.4, 0.5) is 10.5 Å². The van der Waals surface area contributed by atoms with Gasteiger partial charge in [0.25, 0.3) is 0 Å². The second-order valence-corrected chi connectivity index (χ2v) is 6.65. The van der Waals surface area contributed by atoms with Gasteiger partial charge in [0.1, 0.15) is 5.75 Å². The van der Waals surface area contributed by atoms with Crippen LogP contribution in [0.2, 0.25) is 5.02 Å². The lowest BCUT2D eigenvalue weighted by molar-refractivity contribution is -0.126. The van der Waals surface area contributed by atoms with Gasteiger partial charge >= 0.3 is 6.03 Å². The molecule has 2 atom stereocenters. The van der Waals surface area contributed by atoms with Gasteiger partial charge in [0.15, 0.2) is 0 Å². The fraction of sp³-hybridized carbons (Fsp3) is 0.438. The predicted molar refractivity (Wildman–Crippen MR) is 87.9 cm³/mol. The van der Waals surface area contributed by atoms with Crippen LogP contribution in [-0.2, 0) is 9.59 Å². The van der Waals surface area contributed by atoms with Crippen molar-refractivity contribution in [2.24, 2.45) is 11.8 Å². The van der Waals surface area contributed by atoms with E-state index in [9.17, 15) is 14.4 Å². The number of benzene rings is 1. The average Bonchev–Trinajstić information content (AvgIpc) is 3.04. The van der Waals surface area contributed by atoms with Crippen molar-refractivity contribution in [3.8, 4) is 5.75 Å². The maximum absolute atomic E-state index is 12.5. The molecule has 0 spiro atoms. The minimum atomic E-state index is -0.464. The van der Waals surface area contributed by atoms with Gasteiger partial charge in [0.05, 0.1) is 23.6 Å². The summed E-state index contributed by atoms with van der Waals surface area (Å²) in [5.41, 5.74) is 0.453. The van der Waals surface area contributed by atoms with E-state index >= 15 is 0 Å². The number of hydrogen-bond donors (Lipinski definition) is 2. The number of fused-ring (bicyclic) bond motifs is 1. The van der Waals surface area contributed by atoms with Crippen LogP contribution >= 0.6 is 11.6 Å². The van der Waals surface area contributed by atoms with Crippen LogP contribution in [0.1, 0.15) is 13.8 Å². The zero-order chi connectivity index (χ0) is 17.4. The SMILES string of the molecule is CC(C)Oc1ccc(Cl)cc1NC(=O)N1C[C@@H]2C(=O)NC(=O)[C@@H]2C1. The number of carbonyl (C=O) groups excluding carboxylic acids is 3. The van der Waals surface area contributed by atoms with Crippen molar-refractivity contribution in [3.63, 3.8) is 0 Å². The molecule has 1 aromatic rings. The molecule has 7 nitrogen and oxygen atoms in total. The molecule has 0 aliphatic carbocycles. The standard InChI is InChI=1S/C16H18ClN3O4/c1-8(2)24-13-4-3-9(17)5-12(13)18-16(23)20-6-10-11(7-20)15(22)19-14(10)21/h3-5,8,10-11H,6-7H2,1-2H3,(H,18,23)(H,19,21,22)/t10-,11+. The number of imide groups is 1. The predicted octanol–water partition coefficient (Wildman–Crippen LogP) is 1.86. The maximum Gasteiger partial charge on any atom is 0.321 e. The van der Waals surface area contributed by atoms with Crippen molar-refractivity contribution in [1.29, 1.82) is 0 Å². The Bertz CT molecular complexity index is 685. The molecule has 2 fully saturated rings. The Hall–Kier alpha value is -2.28. The third-order valence-electron chi connectivity index (χ3n) is 4.07. The monoisotopic (exact) mass is 351 g/mol. The molecule has 1 aromatic carbocycles. The van der Waals surface area contributed by atoms with E-state index in [1.165, 1.54) is 4.90 Å². The molecule has 128 valence electrons. The van der Waals surface area contributed by atoms with Crippen molar-refractivity contribution in [3.05, 3.63) is 23.2 Å². The summed E-state index contributed by atoms with van der Waals surface area (Å²) in [7, 11) is 0. The van der Waals surface area contributed by atoms with Crippen molar-refractivity contribution < 1.29 is 19.1 Å². The molecule has 0 radical (unpaired) electrons. The Labute approximate surface area is 144 Å². The molecule has 3 rings (SSSR count). The second kappa shape index (κ2) is 6.32. The first-order valence-electron chi connectivity index (χ1n) is 7.72. The molecule has 4 amide bonds. The normalized spacial score (nSPS) is 22.6. The van der Waals surface area contributed by atoms with Gasteiger partial charge in [0.2, 0.25) is 11.8 Å². The third-order valence-corrected chi connectivity index (χ3v) is 4.31. The van der Waals surface area contributed by atoms with E-state index in [1.807, 2.05) is 13.8 Å². The van der Waals surface area contributed by atoms with Gasteiger partial charge in [0, 0.05) is 18.1 Å². The molecule has 2 aliphatic heterocycles. The van der Waals surface area contributed by atoms with Gasteiger partial charge < -0.3 is 15.0 Å². The highest BCUT2D eigenvalue weighted by molar-refractivity contribution is 6.31. The molecular formula is C16H18ClN3O4. The largest absolute Gasteiger partial charge is 0.489 e. The van der Waals surface area contributed by atoms with Gasteiger partial charge in [-0.3, -0.25) is 14.9 Å². The van der Waals surface area contributed by atoms with Crippen LogP contribution in [0.5, 0.6) is 5.75 Å². The number of ether oxygens (including phenoxy) is 1. The number of nitrogens with one attached hydrogen (secondary N) is 2. The highest BCUT2D eigenvalue weighted by Gasteiger charge is 2.49. The summed E-state index contributed by atoms with van der Waals surface area (Å²) in [4.78, 5) is 37.3. The number of hydrogen-bond acceptors (Lipinski definition) is 4. The minimum absolute atomic E-state index is 0.0608. The van der Waals surface area contributed by atoms with E-state index in [0.29, 0.717) is 16.5 Å². The van der Waals surface area contributed by atoms with Crippen molar-refractivity contribution >= 4 is 35.1 Å². The fourth-order valence-electron chi connectivity index (χ4n) is 2.96. The van der Waals surface area contributed by atoms with E-state index in [4.69, 9.17) is 16.3 Å². The molecule has 0 aromatic heterocycles. The Morgan fingerprint density at radius 1 is 1.29 bits per heavy atom. The Balaban J connectivity index is 1.73. The highest BCUT2D eigenvalue weighted by atomic mass is 35.5. The van der Waals surface area contributed by atoms with Crippen molar-refractivity contribution in [1.82, 2.24) is 10.2 Å². The molecule has 2 aliphatic rings. The zero-order valence-corrected chi connectivity index (χ0v) is 14.1. The molecule has 0 saturated carbocycles. The number of likely N-dealkylation sites (tertiary alicyclic amines) is 1. The van der Waals surface area contributed by atoms with Crippen LogP contribution in [0.15, 0.2) is 18.2 Å². The summed E-state index contributed by atoms with van der Waals surface area (Å²) in [6, 6.07) is 4.58. The summed E-state index contributed by atoms with van der Waals surface area (Å²) in [5, 5.41) is 5.51. The van der Waals surface area contributed by atoms with Crippen LogP contribution in [-0.4, -0.2) is 41.9 Å². The van der Waals surface area contributed by atoms with Gasteiger partial charge in [-0.1, -0.05) is 11.6 Å². The summed E-state index contributed by atoms with van der Waals surface area (Å²) in [5.74, 6) is -1.04. The topological polar surface area (TPSA) is 87.7 Å². The Morgan fingerprint density at radius 3 is 2.50 bits per heavy atom. The van der Waals surface area contributed by atoms with Gasteiger partial charge in [-0.15, -0.1) is 0 Å². The first kappa shape index (κ1) is 16.6. The lowest BCUT2D eigenvalue weighted by Crippen LogP contribution is -2.37. The van der Waals surface area contributed by atoms with Crippen LogP contribution < -0.4 is 15.4 Å². The Kier molecular flexibility index (Phi) is 4.36. The van der Waals surface area contributed by atoms with E-state index in [2.05, 4.69) is 10.6 Å². The molecule has 2 saturated heterocycles. The van der Waals surface area contributed by atoms with Gasteiger partial charge in [-0.2, -0.15) is 0 Å². The van der Waals surface area contributed by atoms with Crippen molar-refractivity contribution in [2.75, 3.05) is 18.4 Å². The number of rotatable bonds is 3. The van der Waals surface area contributed by atoms with Crippen molar-refractivity contribution in [2.45, 2.75) is 20.0 Å². The summed E-state index contributed by atoms with van der Waals surface area (Å²) in [6.07, 6.45) is -0.0608. The van der Waals surface area contributed by atoms with E-state index < -0.39 is 11.8 Å². The zero-order valence-electron chi connectivity index (χ0n) is 13.3. The van der Waals surface area contributed by atoms with Crippen LogP contribution in [0.3, 0.4) is 0 Å². The first-order valence-corrected chi connectivity index (χ1v) is 8.10. The molecule has 8 heteroatoms. The summed E-state index contributed by atoms with van der Waals surface area (Å²) in [6.45, 7) is 4.20. The fourth-order valence-corrected chi connectivity index (χ4v) is 3.13. The number of halogens is 1. The van der Waals surface area contributed by atoms with E-state index in [-0.39, 0.29) is 37.0 Å². The van der Waals surface area contributed by atoms with Crippen LogP contribution in [0.25, 0.3) is 0 Å². The summed E-state index contributed by atoms with van der Waals surface area (Å²) >= 11 is 5.99. The third kappa shape index (κ3) is 3.17. The lowest BCUT2D eigenvalue weighted by Gasteiger charge is -2.20. The molecular weight excluding hydrogens is 334 g/mol. The molecule has 2 N–H and O–H groups in total. The van der Waals surface area contributed by atoms with Gasteiger partial charge in [-0.25, -0.2) is 4.79 Å². The number of nitrogens with zero attached hydrogens (tertiary/aromatic N) is 1. The molecule has 0 bridgehead atoms. The van der Waals surface area contributed by atoms with E-state index in [1.54, 1.807) is 18.2 Å². The number of carbonyl (C=O) groups is 3. The minimum Gasteiger partial charge on any atom is -0.489 e. The van der Waals surface area contributed by atoms with Gasteiger partial charge in [-0.05, 0) is 32.0 Å². The second-order valence-electron chi connectivity index (χ2n) is 6.21. The average molecular weight is 352 g/mol. The highest BCUT2D eigenvalue weighted by Crippen LogP contribution is 2.31. The number of anilines is 1.